The summed E-state index contributed by atoms with van der Waals surface area (Å²) in [6.07, 6.45) is -8.27. The van der Waals surface area contributed by atoms with Crippen LogP contribution >= 0.6 is 0 Å². The number of rotatable bonds is 3. The van der Waals surface area contributed by atoms with Crippen LogP contribution in [0, 0.1) is 0 Å². The monoisotopic (exact) mass is 271 g/mol. The van der Waals surface area contributed by atoms with Gasteiger partial charge in [0.1, 0.15) is 0 Å². The molecule has 0 fully saturated rings. The molecular formula is C10H7F6NO. The van der Waals surface area contributed by atoms with Crippen molar-refractivity contribution >= 4 is 6.21 Å². The third-order valence-corrected chi connectivity index (χ3v) is 1.72. The van der Waals surface area contributed by atoms with Crippen LogP contribution in [0.1, 0.15) is 11.1 Å². The van der Waals surface area contributed by atoms with Crippen molar-refractivity contribution in [3.05, 3.63) is 35.4 Å². The minimum absolute atomic E-state index is 0.00741. The van der Waals surface area contributed by atoms with Gasteiger partial charge in [-0.15, -0.1) is 0 Å². The molecule has 0 N–H and O–H groups in total. The van der Waals surface area contributed by atoms with Gasteiger partial charge in [-0.25, -0.2) is 0 Å². The summed E-state index contributed by atoms with van der Waals surface area (Å²) in [6.45, 7) is -1.59. The molecule has 0 spiro atoms. The van der Waals surface area contributed by atoms with Gasteiger partial charge >= 0.3 is 12.4 Å². The normalized spacial score (nSPS) is 13.0. The van der Waals surface area contributed by atoms with E-state index in [2.05, 4.69) is 9.99 Å². The molecule has 100 valence electrons. The standard InChI is InChI=1S/C10H7F6NO/c11-9(12,13)6-18-17-5-7-2-1-3-8(4-7)10(14,15)16/h1-5H,6H2. The molecule has 0 atom stereocenters. The van der Waals surface area contributed by atoms with E-state index < -0.39 is 24.5 Å². The van der Waals surface area contributed by atoms with Crippen molar-refractivity contribution in [3.63, 3.8) is 0 Å². The fourth-order valence-electron chi connectivity index (χ4n) is 1.00. The average Bonchev–Trinajstić information content (AvgIpc) is 2.22. The maximum Gasteiger partial charge on any atom is 0.425 e. The topological polar surface area (TPSA) is 21.6 Å². The van der Waals surface area contributed by atoms with Crippen molar-refractivity contribution in [1.82, 2.24) is 0 Å². The van der Waals surface area contributed by atoms with Gasteiger partial charge in [0.2, 0.25) is 6.61 Å². The highest BCUT2D eigenvalue weighted by Gasteiger charge is 2.30. The Labute approximate surface area is 97.8 Å². The first-order valence-corrected chi connectivity index (χ1v) is 4.58. The molecule has 0 aliphatic carbocycles. The van der Waals surface area contributed by atoms with E-state index in [1.54, 1.807) is 0 Å². The zero-order valence-corrected chi connectivity index (χ0v) is 8.72. The summed E-state index contributed by atoms with van der Waals surface area (Å²) < 4.78 is 71.8. The molecule has 0 aromatic heterocycles. The first kappa shape index (κ1) is 14.3. The fourth-order valence-corrected chi connectivity index (χ4v) is 1.00. The summed E-state index contributed by atoms with van der Waals surface area (Å²) in [4.78, 5) is 3.89. The van der Waals surface area contributed by atoms with E-state index in [0.29, 0.717) is 0 Å². The Morgan fingerprint density at radius 2 is 1.78 bits per heavy atom. The second-order valence-electron chi connectivity index (χ2n) is 3.25. The van der Waals surface area contributed by atoms with E-state index in [1.807, 2.05) is 0 Å². The predicted molar refractivity (Wildman–Crippen MR) is 51.0 cm³/mol. The third kappa shape index (κ3) is 5.07. The van der Waals surface area contributed by atoms with Crippen LogP contribution in [0.2, 0.25) is 0 Å². The van der Waals surface area contributed by atoms with E-state index in [9.17, 15) is 26.3 Å². The van der Waals surface area contributed by atoms with Gasteiger partial charge in [-0.05, 0) is 17.7 Å². The highest BCUT2D eigenvalue weighted by molar-refractivity contribution is 5.79. The first-order chi connectivity index (χ1) is 8.18. The lowest BCUT2D eigenvalue weighted by molar-refractivity contribution is -0.173. The van der Waals surface area contributed by atoms with Crippen LogP contribution in [0.25, 0.3) is 0 Å². The summed E-state index contributed by atoms with van der Waals surface area (Å²) in [5.41, 5.74) is -0.922. The van der Waals surface area contributed by atoms with Crippen molar-refractivity contribution in [3.8, 4) is 0 Å². The molecule has 0 aliphatic rings. The lowest BCUT2D eigenvalue weighted by atomic mass is 10.1. The second kappa shape index (κ2) is 5.28. The van der Waals surface area contributed by atoms with Crippen molar-refractivity contribution in [2.75, 3.05) is 6.61 Å². The summed E-state index contributed by atoms with van der Waals surface area (Å²) in [6, 6.07) is 3.97. The van der Waals surface area contributed by atoms with Crippen molar-refractivity contribution in [1.29, 1.82) is 0 Å². The maximum absolute atomic E-state index is 12.3. The quantitative estimate of drug-likeness (QED) is 0.467. The van der Waals surface area contributed by atoms with E-state index in [-0.39, 0.29) is 5.56 Å². The Morgan fingerprint density at radius 3 is 2.33 bits per heavy atom. The lowest BCUT2D eigenvalue weighted by Gasteiger charge is -2.06. The van der Waals surface area contributed by atoms with E-state index in [4.69, 9.17) is 0 Å². The van der Waals surface area contributed by atoms with Crippen LogP contribution in [0.4, 0.5) is 26.3 Å². The molecule has 0 unspecified atom stereocenters. The second-order valence-corrected chi connectivity index (χ2v) is 3.25. The van der Waals surface area contributed by atoms with E-state index in [1.165, 1.54) is 6.07 Å². The minimum Gasteiger partial charge on any atom is -0.386 e. The number of nitrogens with zero attached hydrogens (tertiary/aromatic N) is 1. The zero-order valence-electron chi connectivity index (χ0n) is 8.72. The van der Waals surface area contributed by atoms with E-state index >= 15 is 0 Å². The Bertz CT molecular complexity index is 423. The number of hydrogen-bond donors (Lipinski definition) is 0. The summed E-state index contributed by atoms with van der Waals surface area (Å²) >= 11 is 0. The van der Waals surface area contributed by atoms with Crippen LogP contribution in [0.15, 0.2) is 29.4 Å². The number of oxime groups is 1. The van der Waals surface area contributed by atoms with Crippen LogP contribution in [-0.4, -0.2) is 19.0 Å². The molecule has 2 nitrogen and oxygen atoms in total. The van der Waals surface area contributed by atoms with Gasteiger partial charge < -0.3 is 4.84 Å². The predicted octanol–water partition coefficient (Wildman–Crippen LogP) is 3.62. The minimum atomic E-state index is -4.54. The van der Waals surface area contributed by atoms with Crippen molar-refractivity contribution in [2.45, 2.75) is 12.4 Å². The van der Waals surface area contributed by atoms with Gasteiger partial charge in [-0.3, -0.25) is 0 Å². The molecular weight excluding hydrogens is 264 g/mol. The fraction of sp³-hybridized carbons (Fsp3) is 0.300. The summed E-state index contributed by atoms with van der Waals surface area (Å²) in [5, 5.41) is 2.94. The van der Waals surface area contributed by atoms with Gasteiger partial charge in [0.25, 0.3) is 0 Å². The molecule has 0 amide bonds. The van der Waals surface area contributed by atoms with E-state index in [0.717, 1.165) is 24.4 Å². The smallest absolute Gasteiger partial charge is 0.386 e. The number of halogens is 6. The Morgan fingerprint density at radius 1 is 1.11 bits per heavy atom. The van der Waals surface area contributed by atoms with Gasteiger partial charge in [0.05, 0.1) is 11.8 Å². The highest BCUT2D eigenvalue weighted by atomic mass is 19.4. The van der Waals surface area contributed by atoms with Gasteiger partial charge in [0, 0.05) is 0 Å². The Hall–Kier alpha value is -1.73. The molecule has 0 aliphatic heterocycles. The molecule has 0 saturated carbocycles. The number of alkyl halides is 6. The van der Waals surface area contributed by atoms with Gasteiger partial charge in [-0.1, -0.05) is 17.3 Å². The number of hydrogen-bond acceptors (Lipinski definition) is 2. The zero-order chi connectivity index (χ0) is 13.8. The highest BCUT2D eigenvalue weighted by Crippen LogP contribution is 2.29. The Balaban J connectivity index is 2.66. The largest absolute Gasteiger partial charge is 0.425 e. The maximum atomic E-state index is 12.3. The van der Waals surface area contributed by atoms with Crippen molar-refractivity contribution in [2.24, 2.45) is 5.16 Å². The molecule has 8 heteroatoms. The van der Waals surface area contributed by atoms with Crippen LogP contribution < -0.4 is 0 Å². The first-order valence-electron chi connectivity index (χ1n) is 4.58. The SMILES string of the molecule is FC(F)(F)CON=Cc1cccc(C(F)(F)F)c1. The van der Waals surface area contributed by atoms with Crippen LogP contribution in [0.3, 0.4) is 0 Å². The molecule has 1 aromatic rings. The van der Waals surface area contributed by atoms with Crippen LogP contribution in [-0.2, 0) is 11.0 Å². The summed E-state index contributed by atoms with van der Waals surface area (Å²) in [5.74, 6) is 0. The molecule has 0 bridgehead atoms. The van der Waals surface area contributed by atoms with Gasteiger partial charge in [0.15, 0.2) is 0 Å². The number of benzene rings is 1. The molecule has 0 saturated heterocycles. The van der Waals surface area contributed by atoms with Crippen molar-refractivity contribution < 1.29 is 31.2 Å². The van der Waals surface area contributed by atoms with Crippen LogP contribution in [0.5, 0.6) is 0 Å². The average molecular weight is 271 g/mol. The lowest BCUT2D eigenvalue weighted by Crippen LogP contribution is -2.14. The van der Waals surface area contributed by atoms with Gasteiger partial charge in [-0.2, -0.15) is 26.3 Å². The third-order valence-electron chi connectivity index (χ3n) is 1.72. The molecule has 1 rings (SSSR count). The molecule has 0 heterocycles. The molecule has 18 heavy (non-hydrogen) atoms. The Kier molecular flexibility index (Phi) is 4.20. The molecule has 1 aromatic carbocycles. The molecule has 0 radical (unpaired) electrons. The summed E-state index contributed by atoms with van der Waals surface area (Å²) in [7, 11) is 0.